The first kappa shape index (κ1) is 15.4. The van der Waals surface area contributed by atoms with Gasteiger partial charge in [-0.15, -0.1) is 0 Å². The number of nitrogens with zero attached hydrogens (tertiary/aromatic N) is 1. The minimum Gasteiger partial charge on any atom is -0.507 e. The molecule has 1 amide bonds. The molecule has 0 aliphatic heterocycles. The summed E-state index contributed by atoms with van der Waals surface area (Å²) < 4.78 is 2.27. The van der Waals surface area contributed by atoms with E-state index in [9.17, 15) is 9.90 Å². The van der Waals surface area contributed by atoms with E-state index in [1.165, 1.54) is 0 Å². The average molecular weight is 310 g/mol. The smallest absolute Gasteiger partial charge is 0.219 e. The van der Waals surface area contributed by atoms with E-state index >= 15 is 0 Å². The molecule has 2 N–H and O–H groups in total. The number of para-hydroxylation sites is 1. The van der Waals surface area contributed by atoms with E-state index in [1.807, 2.05) is 18.2 Å². The molecule has 0 aliphatic carbocycles. The van der Waals surface area contributed by atoms with Crippen LogP contribution in [0.4, 0.5) is 0 Å². The molecule has 120 valence electrons. The monoisotopic (exact) mass is 310 g/mol. The third-order valence-electron chi connectivity index (χ3n) is 4.34. The van der Waals surface area contributed by atoms with Gasteiger partial charge in [0.15, 0.2) is 0 Å². The molecule has 0 bridgehead atoms. The number of carbonyl (C=O) groups is 1. The topological polar surface area (TPSA) is 54.3 Å². The lowest BCUT2D eigenvalue weighted by molar-refractivity contribution is -0.120. The number of hydrogen-bond acceptors (Lipinski definition) is 2. The van der Waals surface area contributed by atoms with Crippen molar-refractivity contribution >= 4 is 27.7 Å². The van der Waals surface area contributed by atoms with Crippen molar-refractivity contribution in [1.82, 2.24) is 9.88 Å². The Labute approximate surface area is 135 Å². The molecule has 0 saturated carbocycles. The molecule has 23 heavy (non-hydrogen) atoms. The van der Waals surface area contributed by atoms with Gasteiger partial charge in [0.1, 0.15) is 5.75 Å². The van der Waals surface area contributed by atoms with E-state index in [0.717, 1.165) is 47.6 Å². The van der Waals surface area contributed by atoms with Crippen molar-refractivity contribution in [3.63, 3.8) is 0 Å². The molecule has 4 heteroatoms. The number of nitrogens with one attached hydrogen (secondary N) is 1. The third-order valence-corrected chi connectivity index (χ3v) is 4.34. The molecule has 0 aliphatic rings. The standard InChI is InChI=1S/C19H22N2O2/c1-20-18(23)12-3-2-6-13-21-15-9-5-4-8-14(15)19-16(21)10-7-11-17(19)22/h4-5,7-11,22H,2-3,6,12-13H2,1H3,(H,20,23). The SMILES string of the molecule is CNC(=O)CCCCCn1c2ccccc2c2c(O)cccc21. The van der Waals surface area contributed by atoms with Crippen LogP contribution in [-0.2, 0) is 11.3 Å². The first-order valence-corrected chi connectivity index (χ1v) is 8.12. The first-order chi connectivity index (χ1) is 11.2. The fourth-order valence-electron chi connectivity index (χ4n) is 3.18. The summed E-state index contributed by atoms with van der Waals surface area (Å²) >= 11 is 0. The number of amides is 1. The number of hydrogen-bond donors (Lipinski definition) is 2. The average Bonchev–Trinajstić information content (AvgIpc) is 2.89. The summed E-state index contributed by atoms with van der Waals surface area (Å²) in [6.45, 7) is 0.890. The van der Waals surface area contributed by atoms with E-state index in [-0.39, 0.29) is 5.91 Å². The van der Waals surface area contributed by atoms with Crippen LogP contribution in [-0.4, -0.2) is 22.6 Å². The number of carbonyl (C=O) groups excluding carboxylic acids is 1. The Hall–Kier alpha value is -2.49. The zero-order valence-corrected chi connectivity index (χ0v) is 13.4. The summed E-state index contributed by atoms with van der Waals surface area (Å²) in [6.07, 6.45) is 3.52. The van der Waals surface area contributed by atoms with Crippen molar-refractivity contribution < 1.29 is 9.90 Å². The second-order valence-corrected chi connectivity index (χ2v) is 5.82. The summed E-state index contributed by atoms with van der Waals surface area (Å²) in [5.41, 5.74) is 2.22. The van der Waals surface area contributed by atoms with Gasteiger partial charge in [0.25, 0.3) is 0 Å². The van der Waals surface area contributed by atoms with Gasteiger partial charge in [-0.25, -0.2) is 0 Å². The maximum Gasteiger partial charge on any atom is 0.219 e. The van der Waals surface area contributed by atoms with Crippen LogP contribution in [0.1, 0.15) is 25.7 Å². The maximum absolute atomic E-state index is 11.2. The van der Waals surface area contributed by atoms with E-state index in [1.54, 1.807) is 13.1 Å². The van der Waals surface area contributed by atoms with Crippen LogP contribution in [0.2, 0.25) is 0 Å². The summed E-state index contributed by atoms with van der Waals surface area (Å²) in [7, 11) is 1.67. The Morgan fingerprint density at radius 2 is 1.83 bits per heavy atom. The number of aromatic nitrogens is 1. The predicted octanol–water partition coefficient (Wildman–Crippen LogP) is 3.81. The minimum absolute atomic E-state index is 0.104. The van der Waals surface area contributed by atoms with Gasteiger partial charge in [-0.1, -0.05) is 30.7 Å². The highest BCUT2D eigenvalue weighted by Gasteiger charge is 2.12. The largest absolute Gasteiger partial charge is 0.507 e. The van der Waals surface area contributed by atoms with Crippen LogP contribution in [0.5, 0.6) is 5.75 Å². The van der Waals surface area contributed by atoms with Crippen molar-refractivity contribution in [2.24, 2.45) is 0 Å². The molecule has 0 atom stereocenters. The maximum atomic E-state index is 11.2. The molecular weight excluding hydrogens is 288 g/mol. The van der Waals surface area contributed by atoms with Crippen LogP contribution in [0.15, 0.2) is 42.5 Å². The molecule has 1 aromatic heterocycles. The van der Waals surface area contributed by atoms with Gasteiger partial charge < -0.3 is 15.0 Å². The molecule has 1 heterocycles. The fraction of sp³-hybridized carbons (Fsp3) is 0.316. The molecule has 2 aromatic carbocycles. The molecule has 3 rings (SSSR count). The van der Waals surface area contributed by atoms with Gasteiger partial charge >= 0.3 is 0 Å². The third kappa shape index (κ3) is 3.02. The van der Waals surface area contributed by atoms with Gasteiger partial charge in [0.05, 0.1) is 5.52 Å². The number of aryl methyl sites for hydroxylation is 1. The summed E-state index contributed by atoms with van der Waals surface area (Å²) in [6, 6.07) is 13.9. The second kappa shape index (κ2) is 6.73. The van der Waals surface area contributed by atoms with Crippen molar-refractivity contribution in [2.45, 2.75) is 32.2 Å². The van der Waals surface area contributed by atoms with Crippen molar-refractivity contribution in [3.8, 4) is 5.75 Å². The van der Waals surface area contributed by atoms with E-state index < -0.39 is 0 Å². The minimum atomic E-state index is 0.104. The summed E-state index contributed by atoms with van der Waals surface area (Å²) in [5, 5.41) is 14.9. The highest BCUT2D eigenvalue weighted by atomic mass is 16.3. The van der Waals surface area contributed by atoms with E-state index in [4.69, 9.17) is 0 Å². The van der Waals surface area contributed by atoms with Crippen molar-refractivity contribution in [3.05, 3.63) is 42.5 Å². The van der Waals surface area contributed by atoms with Gasteiger partial charge in [-0.2, -0.15) is 0 Å². The molecule has 0 radical (unpaired) electrons. The first-order valence-electron chi connectivity index (χ1n) is 8.12. The lowest BCUT2D eigenvalue weighted by atomic mass is 10.1. The van der Waals surface area contributed by atoms with Gasteiger partial charge in [0, 0.05) is 36.3 Å². The number of unbranched alkanes of at least 4 members (excludes halogenated alkanes) is 2. The molecule has 3 aromatic rings. The van der Waals surface area contributed by atoms with Gasteiger partial charge in [-0.05, 0) is 31.0 Å². The van der Waals surface area contributed by atoms with Crippen LogP contribution in [0.3, 0.4) is 0 Å². The van der Waals surface area contributed by atoms with Crippen LogP contribution in [0.25, 0.3) is 21.8 Å². The molecule has 0 spiro atoms. The summed E-state index contributed by atoms with van der Waals surface area (Å²) in [5.74, 6) is 0.434. The second-order valence-electron chi connectivity index (χ2n) is 5.82. The lowest BCUT2D eigenvalue weighted by Crippen LogP contribution is -2.16. The Morgan fingerprint density at radius 3 is 2.65 bits per heavy atom. The predicted molar refractivity (Wildman–Crippen MR) is 93.6 cm³/mol. The number of phenols is 1. The number of rotatable bonds is 6. The summed E-state index contributed by atoms with van der Waals surface area (Å²) in [4.78, 5) is 11.2. The number of phenolic OH excluding ortho intramolecular Hbond substituents is 1. The molecular formula is C19H22N2O2. The highest BCUT2D eigenvalue weighted by Crippen LogP contribution is 2.35. The zero-order chi connectivity index (χ0) is 16.2. The molecule has 4 nitrogen and oxygen atoms in total. The number of benzene rings is 2. The van der Waals surface area contributed by atoms with E-state index in [2.05, 4.69) is 28.1 Å². The Balaban J connectivity index is 1.82. The molecule has 0 unspecified atom stereocenters. The molecule has 0 saturated heterocycles. The van der Waals surface area contributed by atoms with Crippen LogP contribution < -0.4 is 5.32 Å². The Kier molecular flexibility index (Phi) is 4.51. The van der Waals surface area contributed by atoms with Crippen LogP contribution >= 0.6 is 0 Å². The number of aromatic hydroxyl groups is 1. The normalized spacial score (nSPS) is 11.2. The van der Waals surface area contributed by atoms with Crippen LogP contribution in [0, 0.1) is 0 Å². The van der Waals surface area contributed by atoms with Crippen molar-refractivity contribution in [2.75, 3.05) is 7.05 Å². The van der Waals surface area contributed by atoms with Crippen molar-refractivity contribution in [1.29, 1.82) is 0 Å². The highest BCUT2D eigenvalue weighted by molar-refractivity contribution is 6.11. The lowest BCUT2D eigenvalue weighted by Gasteiger charge is -2.07. The quantitative estimate of drug-likeness (QED) is 0.680. The Bertz CT molecular complexity index is 836. The van der Waals surface area contributed by atoms with E-state index in [0.29, 0.717) is 12.2 Å². The number of fused-ring (bicyclic) bond motifs is 3. The molecule has 0 fully saturated rings. The van der Waals surface area contributed by atoms with Gasteiger partial charge in [0.2, 0.25) is 5.91 Å². The van der Waals surface area contributed by atoms with Gasteiger partial charge in [-0.3, -0.25) is 4.79 Å². The zero-order valence-electron chi connectivity index (χ0n) is 13.4. The Morgan fingerprint density at radius 1 is 1.04 bits per heavy atom. The fourth-order valence-corrected chi connectivity index (χ4v) is 3.18.